The third-order valence-corrected chi connectivity index (χ3v) is 7.47. The van der Waals surface area contributed by atoms with E-state index in [9.17, 15) is 4.79 Å². The van der Waals surface area contributed by atoms with Crippen LogP contribution in [0.3, 0.4) is 0 Å². The molecule has 1 saturated heterocycles. The van der Waals surface area contributed by atoms with Gasteiger partial charge in [0.2, 0.25) is 5.95 Å². The molecule has 1 saturated carbocycles. The van der Waals surface area contributed by atoms with Crippen molar-refractivity contribution in [3.63, 3.8) is 0 Å². The summed E-state index contributed by atoms with van der Waals surface area (Å²) in [7, 11) is 0. The number of fused-ring (bicyclic) bond motifs is 2. The van der Waals surface area contributed by atoms with Gasteiger partial charge in [0.25, 0.3) is 5.91 Å². The van der Waals surface area contributed by atoms with Gasteiger partial charge in [0.1, 0.15) is 17.2 Å². The molecule has 34 heavy (non-hydrogen) atoms. The summed E-state index contributed by atoms with van der Waals surface area (Å²) in [6.07, 6.45) is 7.96. The van der Waals surface area contributed by atoms with Crippen LogP contribution in [0.25, 0.3) is 0 Å². The first kappa shape index (κ1) is 21.3. The van der Waals surface area contributed by atoms with Crippen molar-refractivity contribution in [1.29, 1.82) is 0 Å². The summed E-state index contributed by atoms with van der Waals surface area (Å²) in [4.78, 5) is 33.1. The van der Waals surface area contributed by atoms with Crippen molar-refractivity contribution < 1.29 is 4.79 Å². The van der Waals surface area contributed by atoms with E-state index >= 15 is 0 Å². The van der Waals surface area contributed by atoms with Gasteiger partial charge in [-0.25, -0.2) is 15.0 Å². The highest BCUT2D eigenvalue weighted by atomic mass is 35.5. The number of aryl methyl sites for hydroxylation is 1. The Morgan fingerprint density at radius 1 is 1.12 bits per heavy atom. The molecule has 174 valence electrons. The lowest BCUT2D eigenvalue weighted by atomic mass is 10.1. The average Bonchev–Trinajstić information content (AvgIpc) is 3.26. The molecule has 2 N–H and O–H groups in total. The van der Waals surface area contributed by atoms with E-state index in [0.717, 1.165) is 48.4 Å². The molecule has 1 aliphatic heterocycles. The van der Waals surface area contributed by atoms with Gasteiger partial charge < -0.3 is 15.5 Å². The average molecular weight is 476 g/mol. The van der Waals surface area contributed by atoms with Crippen molar-refractivity contribution in [1.82, 2.24) is 25.3 Å². The number of piperidine rings is 1. The molecular weight excluding hydrogens is 450 g/mol. The lowest BCUT2D eigenvalue weighted by molar-refractivity contribution is 0.0950. The Bertz CT molecular complexity index is 1210. The van der Waals surface area contributed by atoms with Crippen LogP contribution in [-0.4, -0.2) is 45.0 Å². The Labute approximate surface area is 203 Å². The van der Waals surface area contributed by atoms with Crippen LogP contribution in [0.15, 0.2) is 36.8 Å². The molecule has 1 aromatic carbocycles. The number of amides is 1. The largest absolute Gasteiger partial charge is 0.366 e. The fraction of sp³-hybridized carbons (Fsp3) is 0.400. The highest BCUT2D eigenvalue weighted by Crippen LogP contribution is 2.45. The van der Waals surface area contributed by atoms with Crippen LogP contribution in [0.1, 0.15) is 39.3 Å². The number of carbonyl (C=O) groups is 1. The first-order valence-electron chi connectivity index (χ1n) is 11.7. The standard InChI is InChI=1S/C25H26ClN7O/c1-14-5-15-7-19(8-16(15)9-21(14)26)31-23-20(24(34)29-11-22-27-3-2-4-28-22)10-30-25(32-23)33-12-17-6-18(17)13-33/h2-5,9-10,17-19H,6-8,11-13H2,1H3,(H,29,34)(H,30,31,32). The van der Waals surface area contributed by atoms with Crippen molar-refractivity contribution in [2.75, 3.05) is 23.3 Å². The molecule has 1 amide bonds. The van der Waals surface area contributed by atoms with Crippen LogP contribution >= 0.6 is 11.6 Å². The third-order valence-electron chi connectivity index (χ3n) is 7.06. The van der Waals surface area contributed by atoms with E-state index in [1.54, 1.807) is 24.7 Å². The summed E-state index contributed by atoms with van der Waals surface area (Å²) >= 11 is 6.35. The number of nitrogens with zero attached hydrogens (tertiary/aromatic N) is 5. The maximum absolute atomic E-state index is 13.1. The van der Waals surface area contributed by atoms with Gasteiger partial charge in [0.15, 0.2) is 0 Å². The van der Waals surface area contributed by atoms with E-state index in [-0.39, 0.29) is 18.5 Å². The first-order valence-corrected chi connectivity index (χ1v) is 12.1. The van der Waals surface area contributed by atoms with Crippen LogP contribution in [0.2, 0.25) is 5.02 Å². The zero-order valence-corrected chi connectivity index (χ0v) is 19.7. The van der Waals surface area contributed by atoms with Crippen molar-refractivity contribution >= 4 is 29.3 Å². The molecule has 2 fully saturated rings. The number of hydrogen-bond acceptors (Lipinski definition) is 7. The summed E-state index contributed by atoms with van der Waals surface area (Å²) in [5, 5.41) is 7.24. The van der Waals surface area contributed by atoms with Gasteiger partial charge in [-0.3, -0.25) is 4.79 Å². The van der Waals surface area contributed by atoms with Gasteiger partial charge in [-0.2, -0.15) is 4.98 Å². The van der Waals surface area contributed by atoms with Crippen LogP contribution in [0.4, 0.5) is 11.8 Å². The lowest BCUT2D eigenvalue weighted by Crippen LogP contribution is -2.30. The molecule has 2 aromatic heterocycles. The molecule has 9 heteroatoms. The number of rotatable bonds is 6. The van der Waals surface area contributed by atoms with Gasteiger partial charge in [0.05, 0.1) is 6.54 Å². The maximum Gasteiger partial charge on any atom is 0.256 e. The zero-order valence-electron chi connectivity index (χ0n) is 19.0. The highest BCUT2D eigenvalue weighted by Gasteiger charge is 2.46. The van der Waals surface area contributed by atoms with E-state index in [0.29, 0.717) is 23.2 Å². The predicted molar refractivity (Wildman–Crippen MR) is 130 cm³/mol. The summed E-state index contributed by atoms with van der Waals surface area (Å²) in [5.74, 6) is 3.10. The molecule has 3 aliphatic rings. The quantitative estimate of drug-likeness (QED) is 0.565. The number of anilines is 2. The second-order valence-electron chi connectivity index (χ2n) is 9.56. The lowest BCUT2D eigenvalue weighted by Gasteiger charge is -2.21. The van der Waals surface area contributed by atoms with E-state index < -0.39 is 0 Å². The van der Waals surface area contributed by atoms with E-state index in [2.05, 4.69) is 42.6 Å². The maximum atomic E-state index is 13.1. The van der Waals surface area contributed by atoms with Crippen molar-refractivity contribution in [3.8, 4) is 0 Å². The Hall–Kier alpha value is -3.26. The molecule has 6 rings (SSSR count). The minimum Gasteiger partial charge on any atom is -0.366 e. The molecule has 0 bridgehead atoms. The van der Waals surface area contributed by atoms with Crippen LogP contribution < -0.4 is 15.5 Å². The number of halogens is 1. The second kappa shape index (κ2) is 8.51. The minimum absolute atomic E-state index is 0.131. The van der Waals surface area contributed by atoms with E-state index in [4.69, 9.17) is 16.6 Å². The van der Waals surface area contributed by atoms with Crippen LogP contribution in [0, 0.1) is 18.8 Å². The van der Waals surface area contributed by atoms with Crippen LogP contribution in [0.5, 0.6) is 0 Å². The fourth-order valence-corrected chi connectivity index (χ4v) is 5.29. The zero-order chi connectivity index (χ0) is 23.2. The molecule has 8 nitrogen and oxygen atoms in total. The predicted octanol–water partition coefficient (Wildman–Crippen LogP) is 3.19. The number of nitrogens with one attached hydrogen (secondary N) is 2. The summed E-state index contributed by atoms with van der Waals surface area (Å²) < 4.78 is 0. The normalized spacial score (nSPS) is 22.3. The Kier molecular flexibility index (Phi) is 5.32. The topological polar surface area (TPSA) is 95.9 Å². The monoisotopic (exact) mass is 475 g/mol. The first-order chi connectivity index (χ1) is 16.5. The molecule has 3 heterocycles. The molecule has 0 spiro atoms. The van der Waals surface area contributed by atoms with Gasteiger partial charge in [-0.15, -0.1) is 0 Å². The molecule has 2 aliphatic carbocycles. The number of hydrogen-bond donors (Lipinski definition) is 2. The SMILES string of the molecule is Cc1cc2c(cc1Cl)CC(Nc1nc(N3CC4CC4C3)ncc1C(=O)NCc1ncccn1)C2. The molecular formula is C25H26ClN7O. The Morgan fingerprint density at radius 3 is 2.62 bits per heavy atom. The minimum atomic E-state index is -0.250. The summed E-state index contributed by atoms with van der Waals surface area (Å²) in [6.45, 7) is 4.25. The Morgan fingerprint density at radius 2 is 1.85 bits per heavy atom. The highest BCUT2D eigenvalue weighted by molar-refractivity contribution is 6.31. The number of benzene rings is 1. The van der Waals surface area contributed by atoms with Gasteiger partial charge in [0, 0.05) is 42.7 Å². The molecule has 3 aromatic rings. The van der Waals surface area contributed by atoms with E-state index in [1.165, 1.54) is 17.5 Å². The van der Waals surface area contributed by atoms with Gasteiger partial charge >= 0.3 is 0 Å². The number of carbonyl (C=O) groups excluding carboxylic acids is 1. The van der Waals surface area contributed by atoms with Crippen molar-refractivity contribution in [3.05, 3.63) is 69.9 Å². The fourth-order valence-electron chi connectivity index (χ4n) is 5.10. The van der Waals surface area contributed by atoms with E-state index in [1.807, 2.05) is 6.92 Å². The molecule has 3 atom stereocenters. The van der Waals surface area contributed by atoms with Gasteiger partial charge in [-0.05, 0) is 66.8 Å². The summed E-state index contributed by atoms with van der Waals surface area (Å²) in [6, 6.07) is 6.10. The van der Waals surface area contributed by atoms with Crippen molar-refractivity contribution in [2.24, 2.45) is 11.8 Å². The summed E-state index contributed by atoms with van der Waals surface area (Å²) in [5.41, 5.74) is 4.05. The van der Waals surface area contributed by atoms with Crippen LogP contribution in [-0.2, 0) is 19.4 Å². The number of aromatic nitrogens is 4. The third kappa shape index (κ3) is 4.18. The molecule has 3 unspecified atom stereocenters. The second-order valence-corrected chi connectivity index (χ2v) is 9.97. The van der Waals surface area contributed by atoms with Gasteiger partial charge in [-0.1, -0.05) is 17.7 Å². The Balaban J connectivity index is 1.24. The molecule has 0 radical (unpaired) electrons. The smallest absolute Gasteiger partial charge is 0.256 e. The van der Waals surface area contributed by atoms with Crippen molar-refractivity contribution in [2.45, 2.75) is 38.8 Å².